The van der Waals surface area contributed by atoms with Gasteiger partial charge in [-0.05, 0) is 50.5 Å². The lowest BCUT2D eigenvalue weighted by molar-refractivity contribution is 0.568. The van der Waals surface area contributed by atoms with Crippen molar-refractivity contribution < 1.29 is 0 Å². The van der Waals surface area contributed by atoms with Gasteiger partial charge in [-0.15, -0.1) is 5.10 Å². The number of benzene rings is 1. The molecule has 8 heteroatoms. The normalized spacial score (nSPS) is 14.2. The summed E-state index contributed by atoms with van der Waals surface area (Å²) in [5, 5.41) is 9.62. The summed E-state index contributed by atoms with van der Waals surface area (Å²) in [4.78, 5) is 16.0. The highest BCUT2D eigenvalue weighted by Crippen LogP contribution is 2.26. The lowest BCUT2D eigenvalue weighted by atomic mass is 10.1. The van der Waals surface area contributed by atoms with Crippen LogP contribution in [0.4, 0.5) is 5.82 Å². The van der Waals surface area contributed by atoms with Crippen LogP contribution in [0.25, 0.3) is 34.2 Å². The Morgan fingerprint density at radius 2 is 1.67 bits per heavy atom. The minimum atomic E-state index is 0.562. The molecule has 33 heavy (non-hydrogen) atoms. The molecule has 8 nitrogen and oxygen atoms in total. The van der Waals surface area contributed by atoms with Crippen LogP contribution in [-0.4, -0.2) is 47.4 Å². The third-order valence-electron chi connectivity index (χ3n) is 6.04. The molecular formula is C25H24N8. The zero-order valence-corrected chi connectivity index (χ0v) is 18.5. The third-order valence-corrected chi connectivity index (χ3v) is 6.04. The number of rotatable bonds is 4. The predicted octanol–water partition coefficient (Wildman–Crippen LogP) is 4.34. The molecule has 0 spiro atoms. The first-order chi connectivity index (χ1) is 16.2. The van der Waals surface area contributed by atoms with Crippen molar-refractivity contribution in [1.29, 1.82) is 0 Å². The first kappa shape index (κ1) is 19.6. The first-order valence-electron chi connectivity index (χ1n) is 11.3. The van der Waals surface area contributed by atoms with Crippen molar-refractivity contribution in [3.05, 3.63) is 72.7 Å². The van der Waals surface area contributed by atoms with Gasteiger partial charge in [0.25, 0.3) is 5.78 Å². The summed E-state index contributed by atoms with van der Waals surface area (Å²) in [5.41, 5.74) is 4.14. The lowest BCUT2D eigenvalue weighted by Gasteiger charge is -2.28. The molecule has 0 unspecified atom stereocenters. The smallest absolute Gasteiger partial charge is 0.256 e. The molecule has 1 saturated heterocycles. The molecule has 1 aromatic carbocycles. The molecule has 1 fully saturated rings. The van der Waals surface area contributed by atoms with E-state index in [0.29, 0.717) is 11.6 Å². The van der Waals surface area contributed by atoms with Crippen LogP contribution in [0.5, 0.6) is 0 Å². The van der Waals surface area contributed by atoms with Crippen LogP contribution < -0.4 is 4.90 Å². The van der Waals surface area contributed by atoms with E-state index in [-0.39, 0.29) is 0 Å². The fourth-order valence-electron chi connectivity index (χ4n) is 4.34. The van der Waals surface area contributed by atoms with E-state index in [1.807, 2.05) is 33.6 Å². The largest absolute Gasteiger partial charge is 0.356 e. The number of aromatic nitrogens is 7. The van der Waals surface area contributed by atoms with Gasteiger partial charge >= 0.3 is 0 Å². The fourth-order valence-corrected chi connectivity index (χ4v) is 4.34. The van der Waals surface area contributed by atoms with E-state index in [1.54, 1.807) is 12.4 Å². The van der Waals surface area contributed by atoms with Crippen molar-refractivity contribution in [1.82, 2.24) is 34.3 Å². The molecule has 0 saturated carbocycles. The Labute approximate surface area is 191 Å². The molecule has 1 aliphatic heterocycles. The molecule has 0 N–H and O–H groups in total. The Morgan fingerprint density at radius 1 is 0.818 bits per heavy atom. The average Bonchev–Trinajstić information content (AvgIpc) is 3.52. The number of fused-ring (bicyclic) bond motifs is 1. The van der Waals surface area contributed by atoms with E-state index in [4.69, 9.17) is 20.2 Å². The SMILES string of the molecule is Cc1cccc(-c2ccn(-c3cc(N4CCCCC4)n4nc(-c5ccncc5)nc4n3)n2)c1. The average molecular weight is 437 g/mol. The minimum Gasteiger partial charge on any atom is -0.356 e. The highest BCUT2D eigenvalue weighted by molar-refractivity contribution is 5.61. The van der Waals surface area contributed by atoms with E-state index in [9.17, 15) is 0 Å². The summed E-state index contributed by atoms with van der Waals surface area (Å²) in [7, 11) is 0. The van der Waals surface area contributed by atoms with Gasteiger partial charge in [0.1, 0.15) is 5.82 Å². The topological polar surface area (TPSA) is 77.0 Å². The zero-order valence-electron chi connectivity index (χ0n) is 18.5. The lowest BCUT2D eigenvalue weighted by Crippen LogP contribution is -2.31. The minimum absolute atomic E-state index is 0.562. The number of hydrogen-bond acceptors (Lipinski definition) is 6. The van der Waals surface area contributed by atoms with Crippen molar-refractivity contribution in [2.75, 3.05) is 18.0 Å². The Bertz CT molecular complexity index is 1410. The monoisotopic (exact) mass is 436 g/mol. The second-order valence-corrected chi connectivity index (χ2v) is 8.42. The molecule has 0 atom stereocenters. The van der Waals surface area contributed by atoms with Crippen molar-refractivity contribution in [3.8, 4) is 28.5 Å². The molecule has 1 aliphatic rings. The van der Waals surface area contributed by atoms with Crippen LogP contribution in [0.15, 0.2) is 67.1 Å². The number of anilines is 1. The molecule has 0 bridgehead atoms. The Balaban J connectivity index is 1.47. The quantitative estimate of drug-likeness (QED) is 0.417. The second kappa shape index (κ2) is 8.12. The van der Waals surface area contributed by atoms with Gasteiger partial charge in [-0.25, -0.2) is 4.68 Å². The number of hydrogen-bond donors (Lipinski definition) is 0. The Morgan fingerprint density at radius 3 is 2.48 bits per heavy atom. The predicted molar refractivity (Wildman–Crippen MR) is 127 cm³/mol. The van der Waals surface area contributed by atoms with E-state index in [2.05, 4.69) is 47.1 Å². The van der Waals surface area contributed by atoms with Crippen LogP contribution in [0, 0.1) is 6.92 Å². The van der Waals surface area contributed by atoms with Gasteiger partial charge in [-0.3, -0.25) is 4.98 Å². The zero-order chi connectivity index (χ0) is 22.2. The van der Waals surface area contributed by atoms with E-state index in [0.717, 1.165) is 41.5 Å². The van der Waals surface area contributed by atoms with Gasteiger partial charge in [-0.1, -0.05) is 23.8 Å². The third kappa shape index (κ3) is 3.73. The molecule has 0 radical (unpaired) electrons. The van der Waals surface area contributed by atoms with E-state index >= 15 is 0 Å². The molecule has 0 aliphatic carbocycles. The Hall–Kier alpha value is -4.07. The number of piperidine rings is 1. The van der Waals surface area contributed by atoms with Gasteiger partial charge in [0.05, 0.1) is 5.69 Å². The summed E-state index contributed by atoms with van der Waals surface area (Å²) in [6.45, 7) is 4.08. The number of pyridine rings is 1. The van der Waals surface area contributed by atoms with Crippen LogP contribution >= 0.6 is 0 Å². The Kier molecular flexibility index (Phi) is 4.83. The summed E-state index contributed by atoms with van der Waals surface area (Å²) >= 11 is 0. The fraction of sp³-hybridized carbons (Fsp3) is 0.240. The molecule has 5 aromatic rings. The summed E-state index contributed by atoms with van der Waals surface area (Å²) in [5.74, 6) is 2.93. The maximum atomic E-state index is 4.82. The highest BCUT2D eigenvalue weighted by Gasteiger charge is 2.20. The molecule has 164 valence electrons. The van der Waals surface area contributed by atoms with Crippen LogP contribution in [0.2, 0.25) is 0 Å². The van der Waals surface area contributed by atoms with Gasteiger partial charge in [0.2, 0.25) is 0 Å². The molecule has 6 rings (SSSR count). The maximum absolute atomic E-state index is 4.82. The van der Waals surface area contributed by atoms with Crippen molar-refractivity contribution in [2.45, 2.75) is 26.2 Å². The van der Waals surface area contributed by atoms with Crippen molar-refractivity contribution >= 4 is 11.6 Å². The van der Waals surface area contributed by atoms with Crippen LogP contribution in [0.3, 0.4) is 0 Å². The molecule has 4 aromatic heterocycles. The van der Waals surface area contributed by atoms with E-state index < -0.39 is 0 Å². The molecule has 0 amide bonds. The van der Waals surface area contributed by atoms with Gasteiger partial charge < -0.3 is 4.90 Å². The first-order valence-corrected chi connectivity index (χ1v) is 11.3. The van der Waals surface area contributed by atoms with Crippen molar-refractivity contribution in [3.63, 3.8) is 0 Å². The number of nitrogens with zero attached hydrogens (tertiary/aromatic N) is 8. The maximum Gasteiger partial charge on any atom is 0.256 e. The summed E-state index contributed by atoms with van der Waals surface area (Å²) in [6.07, 6.45) is 9.06. The highest BCUT2D eigenvalue weighted by atomic mass is 15.4. The van der Waals surface area contributed by atoms with Crippen LogP contribution in [-0.2, 0) is 0 Å². The second-order valence-electron chi connectivity index (χ2n) is 8.42. The van der Waals surface area contributed by atoms with Crippen LogP contribution in [0.1, 0.15) is 24.8 Å². The van der Waals surface area contributed by atoms with Gasteiger partial charge in [0.15, 0.2) is 11.6 Å². The van der Waals surface area contributed by atoms with Gasteiger partial charge in [-0.2, -0.15) is 19.6 Å². The van der Waals surface area contributed by atoms with Gasteiger partial charge in [0, 0.05) is 48.9 Å². The number of aryl methyl sites for hydroxylation is 1. The standard InChI is InChI=1S/C25H24N8/c1-18-6-5-7-20(16-18)21-10-15-32(29-21)22-17-23(31-13-3-2-4-14-31)33-25(27-22)28-24(30-33)19-8-11-26-12-9-19/h5-12,15-17H,2-4,13-14H2,1H3. The summed E-state index contributed by atoms with van der Waals surface area (Å²) < 4.78 is 3.68. The van der Waals surface area contributed by atoms with Crippen molar-refractivity contribution in [2.24, 2.45) is 0 Å². The molecular weight excluding hydrogens is 412 g/mol. The summed E-state index contributed by atoms with van der Waals surface area (Å²) in [6, 6.07) is 16.3. The van der Waals surface area contributed by atoms with E-state index in [1.165, 1.54) is 24.8 Å². The molecule has 5 heterocycles.